The van der Waals surface area contributed by atoms with Gasteiger partial charge in [-0.3, -0.25) is 0 Å². The number of benzene rings is 2. The molecule has 4 nitrogen and oxygen atoms in total. The van der Waals surface area contributed by atoms with Crippen LogP contribution in [0.2, 0.25) is 5.02 Å². The highest BCUT2D eigenvalue weighted by Crippen LogP contribution is 2.28. The summed E-state index contributed by atoms with van der Waals surface area (Å²) in [4.78, 5) is 11.3. The van der Waals surface area contributed by atoms with E-state index in [1.807, 2.05) is 18.2 Å². The van der Waals surface area contributed by atoms with Gasteiger partial charge in [0.15, 0.2) is 0 Å². The highest BCUT2D eigenvalue weighted by Gasteiger charge is 2.12. The summed E-state index contributed by atoms with van der Waals surface area (Å²) in [6.45, 7) is 0. The lowest BCUT2D eigenvalue weighted by molar-refractivity contribution is 0.0696. The van der Waals surface area contributed by atoms with Crippen molar-refractivity contribution in [2.24, 2.45) is 0 Å². The Balaban J connectivity index is 2.08. The third-order valence-electron chi connectivity index (χ3n) is 3.15. The van der Waals surface area contributed by atoms with Crippen molar-refractivity contribution in [3.05, 3.63) is 71.5 Å². The molecule has 1 N–H and O–H groups in total. The Morgan fingerprint density at radius 3 is 2.57 bits per heavy atom. The van der Waals surface area contributed by atoms with Crippen molar-refractivity contribution in [3.8, 4) is 16.8 Å². The van der Waals surface area contributed by atoms with Crippen LogP contribution >= 0.6 is 11.6 Å². The Morgan fingerprint density at radius 2 is 1.81 bits per heavy atom. The summed E-state index contributed by atoms with van der Waals surface area (Å²) in [6.07, 6.45) is 3.43. The first kappa shape index (κ1) is 13.4. The van der Waals surface area contributed by atoms with E-state index >= 15 is 0 Å². The second-order valence-electron chi connectivity index (χ2n) is 4.48. The average Bonchev–Trinajstić information content (AvgIpc) is 2.97. The molecule has 104 valence electrons. The Morgan fingerprint density at radius 1 is 1.10 bits per heavy atom. The van der Waals surface area contributed by atoms with E-state index in [1.54, 1.807) is 47.4 Å². The van der Waals surface area contributed by atoms with Gasteiger partial charge in [-0.1, -0.05) is 41.9 Å². The van der Waals surface area contributed by atoms with Crippen LogP contribution in [0.4, 0.5) is 0 Å². The minimum Gasteiger partial charge on any atom is -0.478 e. The average molecular weight is 299 g/mol. The lowest BCUT2D eigenvalue weighted by Gasteiger charge is -2.05. The Labute approximate surface area is 126 Å². The molecular formula is C16H11ClN2O2. The fraction of sp³-hybridized carbons (Fsp3) is 0. The van der Waals surface area contributed by atoms with Gasteiger partial charge >= 0.3 is 5.97 Å². The number of hydrogen-bond donors (Lipinski definition) is 1. The Bertz CT molecular complexity index is 811. The summed E-state index contributed by atoms with van der Waals surface area (Å²) in [5, 5.41) is 14.1. The molecule has 0 aliphatic carbocycles. The van der Waals surface area contributed by atoms with E-state index in [9.17, 15) is 9.90 Å². The van der Waals surface area contributed by atoms with Crippen LogP contribution in [0.1, 0.15) is 10.4 Å². The number of para-hydroxylation sites is 1. The van der Waals surface area contributed by atoms with E-state index in [2.05, 4.69) is 5.10 Å². The van der Waals surface area contributed by atoms with Crippen LogP contribution in [0.3, 0.4) is 0 Å². The molecule has 0 amide bonds. The summed E-state index contributed by atoms with van der Waals surface area (Å²) < 4.78 is 1.54. The number of rotatable bonds is 3. The lowest BCUT2D eigenvalue weighted by Crippen LogP contribution is -2.05. The number of carbonyl (C=O) groups is 1. The fourth-order valence-corrected chi connectivity index (χ4v) is 2.39. The maximum Gasteiger partial charge on any atom is 0.337 e. The van der Waals surface area contributed by atoms with Crippen molar-refractivity contribution in [1.82, 2.24) is 9.78 Å². The third kappa shape index (κ3) is 2.53. The largest absolute Gasteiger partial charge is 0.478 e. The van der Waals surface area contributed by atoms with Gasteiger partial charge in [-0.05, 0) is 18.2 Å². The second kappa shape index (κ2) is 5.42. The first-order chi connectivity index (χ1) is 10.2. The van der Waals surface area contributed by atoms with Crippen molar-refractivity contribution in [3.63, 3.8) is 0 Å². The molecule has 2 aromatic carbocycles. The van der Waals surface area contributed by atoms with Crippen LogP contribution in [-0.2, 0) is 0 Å². The van der Waals surface area contributed by atoms with E-state index in [4.69, 9.17) is 11.6 Å². The number of carboxylic acids is 1. The lowest BCUT2D eigenvalue weighted by atomic mass is 10.1. The van der Waals surface area contributed by atoms with Crippen molar-refractivity contribution in [2.45, 2.75) is 0 Å². The molecule has 0 spiro atoms. The predicted molar refractivity (Wildman–Crippen MR) is 81.0 cm³/mol. The van der Waals surface area contributed by atoms with Crippen LogP contribution in [-0.4, -0.2) is 20.9 Å². The minimum absolute atomic E-state index is 0.200. The van der Waals surface area contributed by atoms with Crippen LogP contribution in [0.25, 0.3) is 16.8 Å². The van der Waals surface area contributed by atoms with Crippen LogP contribution in [0.15, 0.2) is 60.9 Å². The number of aromatic carboxylic acids is 1. The topological polar surface area (TPSA) is 55.1 Å². The molecule has 3 rings (SSSR count). The molecular weight excluding hydrogens is 288 g/mol. The van der Waals surface area contributed by atoms with E-state index in [0.29, 0.717) is 10.7 Å². The van der Waals surface area contributed by atoms with Gasteiger partial charge in [0.05, 0.1) is 17.4 Å². The zero-order chi connectivity index (χ0) is 14.8. The monoisotopic (exact) mass is 298 g/mol. The summed E-state index contributed by atoms with van der Waals surface area (Å²) in [5.74, 6) is -0.986. The van der Waals surface area contributed by atoms with Crippen molar-refractivity contribution in [2.75, 3.05) is 0 Å². The SMILES string of the molecule is O=C(O)c1ccccc1-n1cc(-c2ccccc2Cl)cn1. The molecule has 3 aromatic rings. The molecule has 1 heterocycles. The molecule has 0 aliphatic rings. The van der Waals surface area contributed by atoms with Gasteiger partial charge in [-0.25, -0.2) is 9.48 Å². The number of hydrogen-bond acceptors (Lipinski definition) is 2. The zero-order valence-corrected chi connectivity index (χ0v) is 11.7. The Hall–Kier alpha value is -2.59. The maximum absolute atomic E-state index is 11.3. The van der Waals surface area contributed by atoms with E-state index < -0.39 is 5.97 Å². The summed E-state index contributed by atoms with van der Waals surface area (Å²) in [6, 6.07) is 14.2. The summed E-state index contributed by atoms with van der Waals surface area (Å²) in [7, 11) is 0. The zero-order valence-electron chi connectivity index (χ0n) is 10.9. The van der Waals surface area contributed by atoms with Crippen LogP contribution in [0.5, 0.6) is 0 Å². The van der Waals surface area contributed by atoms with Crippen LogP contribution < -0.4 is 0 Å². The first-order valence-electron chi connectivity index (χ1n) is 6.29. The number of aromatic nitrogens is 2. The van der Waals surface area contributed by atoms with Gasteiger partial charge in [-0.15, -0.1) is 0 Å². The molecule has 0 saturated carbocycles. The summed E-state index contributed by atoms with van der Waals surface area (Å²) >= 11 is 6.16. The molecule has 0 radical (unpaired) electrons. The smallest absolute Gasteiger partial charge is 0.337 e. The maximum atomic E-state index is 11.3. The molecule has 1 aromatic heterocycles. The predicted octanol–water partition coefficient (Wildman–Crippen LogP) is 3.89. The molecule has 0 atom stereocenters. The van der Waals surface area contributed by atoms with E-state index in [1.165, 1.54) is 0 Å². The van der Waals surface area contributed by atoms with Crippen molar-refractivity contribution >= 4 is 17.6 Å². The molecule has 0 unspecified atom stereocenters. The van der Waals surface area contributed by atoms with Gasteiger partial charge < -0.3 is 5.11 Å². The standard InChI is InChI=1S/C16H11ClN2O2/c17-14-7-3-1-5-12(14)11-9-18-19(10-11)15-8-4-2-6-13(15)16(20)21/h1-10H,(H,20,21). The van der Waals surface area contributed by atoms with E-state index in [0.717, 1.165) is 11.1 Å². The Kier molecular flexibility index (Phi) is 3.46. The van der Waals surface area contributed by atoms with Crippen LogP contribution in [0, 0.1) is 0 Å². The minimum atomic E-state index is -0.986. The summed E-state index contributed by atoms with van der Waals surface area (Å²) in [5.41, 5.74) is 2.41. The first-order valence-corrected chi connectivity index (χ1v) is 6.67. The van der Waals surface area contributed by atoms with Gasteiger partial charge in [0.2, 0.25) is 0 Å². The quantitative estimate of drug-likeness (QED) is 0.798. The van der Waals surface area contributed by atoms with Gasteiger partial charge in [-0.2, -0.15) is 5.10 Å². The molecule has 0 bridgehead atoms. The van der Waals surface area contributed by atoms with Gasteiger partial charge in [0, 0.05) is 22.3 Å². The molecule has 0 saturated heterocycles. The second-order valence-corrected chi connectivity index (χ2v) is 4.88. The highest BCUT2D eigenvalue weighted by atomic mass is 35.5. The molecule has 0 fully saturated rings. The number of nitrogens with zero attached hydrogens (tertiary/aromatic N) is 2. The van der Waals surface area contributed by atoms with Gasteiger partial charge in [0.1, 0.15) is 0 Å². The van der Waals surface area contributed by atoms with E-state index in [-0.39, 0.29) is 5.56 Å². The highest BCUT2D eigenvalue weighted by molar-refractivity contribution is 6.33. The number of halogens is 1. The van der Waals surface area contributed by atoms with Crippen molar-refractivity contribution < 1.29 is 9.90 Å². The normalized spacial score (nSPS) is 10.5. The van der Waals surface area contributed by atoms with Crippen molar-refractivity contribution in [1.29, 1.82) is 0 Å². The molecule has 0 aliphatic heterocycles. The third-order valence-corrected chi connectivity index (χ3v) is 3.48. The molecule has 21 heavy (non-hydrogen) atoms. The van der Waals surface area contributed by atoms with Gasteiger partial charge in [0.25, 0.3) is 0 Å². The molecule has 5 heteroatoms. The number of carboxylic acid groups (broad SMARTS) is 1. The fourth-order valence-electron chi connectivity index (χ4n) is 2.14.